The van der Waals surface area contributed by atoms with E-state index < -0.39 is 16.6 Å². The van der Waals surface area contributed by atoms with Gasteiger partial charge in [0.1, 0.15) is 0 Å². The van der Waals surface area contributed by atoms with Gasteiger partial charge in [-0.1, -0.05) is 102 Å². The first-order valence-corrected chi connectivity index (χ1v) is 17.6. The molecule has 0 heterocycles. The highest BCUT2D eigenvalue weighted by atomic mass is 28.4. The van der Waals surface area contributed by atoms with Crippen molar-refractivity contribution >= 4 is 16.6 Å². The molecule has 31 heavy (non-hydrogen) atoms. The zero-order valence-electron chi connectivity index (χ0n) is 21.1. The summed E-state index contributed by atoms with van der Waals surface area (Å²) < 4.78 is 7.86. The van der Waals surface area contributed by atoms with Gasteiger partial charge in [0, 0.05) is 0 Å². The molecule has 0 aromatic rings. The molecule has 0 saturated heterocycles. The van der Waals surface area contributed by atoms with Gasteiger partial charge in [0.15, 0.2) is 0 Å². The number of hydrogen-bond acceptors (Lipinski definition) is 1. The summed E-state index contributed by atoms with van der Waals surface area (Å²) >= 11 is 0. The Kier molecular flexibility index (Phi) is 11.3. The van der Waals surface area contributed by atoms with E-state index in [0.717, 1.165) is 0 Å². The van der Waals surface area contributed by atoms with Gasteiger partial charge in [-0.25, -0.2) is 0 Å². The third kappa shape index (κ3) is 6.23. The first-order valence-electron chi connectivity index (χ1n) is 13.3. The monoisotopic (exact) mass is 458 g/mol. The number of hydrogen-bond donors (Lipinski definition) is 0. The van der Waals surface area contributed by atoms with Crippen LogP contribution in [0, 0.1) is 0 Å². The molecule has 2 rings (SSSR count). The fourth-order valence-corrected chi connectivity index (χ4v) is 18.4. The highest BCUT2D eigenvalue weighted by Crippen LogP contribution is 2.51. The third-order valence-corrected chi connectivity index (χ3v) is 19.2. The van der Waals surface area contributed by atoms with Gasteiger partial charge in [-0.3, -0.25) is 0 Å². The van der Waals surface area contributed by atoms with Crippen LogP contribution in [0.25, 0.3) is 0 Å². The standard InChI is InChI=1S/C28H50OSi2/c1-7-11-19-25(5)30(9-3,26(6)20-12-8-2)29-31(10-4,27-21-15-13-16-22-27)28-23-17-14-18-24-28/h9-10,15,17,21,23,25-28H,3-4,7-8,11-14,16,18-20,22,24H2,1-2,5-6H3. The van der Waals surface area contributed by atoms with Crippen molar-refractivity contribution in [3.8, 4) is 0 Å². The minimum absolute atomic E-state index is 0.565. The molecule has 0 spiro atoms. The van der Waals surface area contributed by atoms with E-state index in [2.05, 4.69) is 76.6 Å². The predicted molar refractivity (Wildman–Crippen MR) is 144 cm³/mol. The fourth-order valence-electron chi connectivity index (χ4n) is 6.06. The molecule has 2 aliphatic rings. The van der Waals surface area contributed by atoms with E-state index in [0.29, 0.717) is 22.2 Å². The lowest BCUT2D eigenvalue weighted by Gasteiger charge is -2.51. The molecule has 0 N–H and O–H groups in total. The summed E-state index contributed by atoms with van der Waals surface area (Å²) in [4.78, 5) is 0. The summed E-state index contributed by atoms with van der Waals surface area (Å²) in [5, 5.41) is 0. The molecular formula is C28H50OSi2. The van der Waals surface area contributed by atoms with Gasteiger partial charge in [0.2, 0.25) is 16.6 Å². The zero-order valence-corrected chi connectivity index (χ0v) is 23.1. The van der Waals surface area contributed by atoms with Crippen LogP contribution in [-0.4, -0.2) is 16.6 Å². The number of unbranched alkanes of at least 4 members (excludes halogenated alkanes) is 2. The third-order valence-electron chi connectivity index (χ3n) is 8.18. The molecule has 4 unspecified atom stereocenters. The second-order valence-electron chi connectivity index (χ2n) is 10.2. The SMILES string of the molecule is C=C[Si](O[Si](C=C)(C1C=CCCC1)C1C=CCCC1)(C(C)CCCC)C(C)CCCC. The van der Waals surface area contributed by atoms with Gasteiger partial charge in [-0.05, 0) is 60.7 Å². The zero-order chi connectivity index (χ0) is 22.7. The summed E-state index contributed by atoms with van der Waals surface area (Å²) in [6.45, 7) is 18.6. The van der Waals surface area contributed by atoms with E-state index in [1.165, 1.54) is 77.0 Å². The lowest BCUT2D eigenvalue weighted by Crippen LogP contribution is -2.58. The summed E-state index contributed by atoms with van der Waals surface area (Å²) in [5.41, 5.74) is 7.08. The van der Waals surface area contributed by atoms with Crippen molar-refractivity contribution < 1.29 is 4.12 Å². The van der Waals surface area contributed by atoms with Crippen molar-refractivity contribution in [3.05, 3.63) is 48.9 Å². The molecule has 0 aliphatic heterocycles. The smallest absolute Gasteiger partial charge is 0.218 e. The summed E-state index contributed by atoms with van der Waals surface area (Å²) in [6, 6.07) is 0. The van der Waals surface area contributed by atoms with Gasteiger partial charge in [-0.15, -0.1) is 13.2 Å². The van der Waals surface area contributed by atoms with E-state index in [1.807, 2.05) is 0 Å². The second-order valence-corrected chi connectivity index (χ2v) is 18.7. The van der Waals surface area contributed by atoms with Crippen LogP contribution in [-0.2, 0) is 4.12 Å². The molecule has 0 aromatic carbocycles. The van der Waals surface area contributed by atoms with Crippen molar-refractivity contribution in [1.82, 2.24) is 0 Å². The Labute approximate surface area is 196 Å². The maximum Gasteiger partial charge on any atom is 0.218 e. The Morgan fingerprint density at radius 1 is 0.871 bits per heavy atom. The topological polar surface area (TPSA) is 9.23 Å². The first kappa shape index (κ1) is 26.6. The van der Waals surface area contributed by atoms with Crippen molar-refractivity contribution in [3.63, 3.8) is 0 Å². The Morgan fingerprint density at radius 3 is 1.68 bits per heavy atom. The van der Waals surface area contributed by atoms with E-state index in [9.17, 15) is 0 Å². The Bertz CT molecular complexity index is 570. The van der Waals surface area contributed by atoms with Crippen molar-refractivity contribution in [2.75, 3.05) is 0 Å². The van der Waals surface area contributed by atoms with Crippen molar-refractivity contribution in [2.24, 2.45) is 0 Å². The van der Waals surface area contributed by atoms with E-state index in [1.54, 1.807) is 0 Å². The average Bonchev–Trinajstić information content (AvgIpc) is 2.83. The molecule has 2 aliphatic carbocycles. The maximum absolute atomic E-state index is 7.86. The molecule has 0 bridgehead atoms. The van der Waals surface area contributed by atoms with E-state index in [-0.39, 0.29) is 0 Å². The molecule has 0 fully saturated rings. The molecule has 0 saturated carbocycles. The van der Waals surface area contributed by atoms with Crippen molar-refractivity contribution in [2.45, 2.75) is 127 Å². The molecule has 3 heteroatoms. The minimum Gasteiger partial charge on any atom is -0.448 e. The van der Waals surface area contributed by atoms with Crippen LogP contribution in [0.1, 0.15) is 105 Å². The summed E-state index contributed by atoms with van der Waals surface area (Å²) in [6.07, 6.45) is 25.1. The minimum atomic E-state index is -2.25. The highest BCUT2D eigenvalue weighted by molar-refractivity contribution is 6.94. The van der Waals surface area contributed by atoms with Crippen molar-refractivity contribution in [1.29, 1.82) is 0 Å². The van der Waals surface area contributed by atoms with E-state index >= 15 is 0 Å². The molecule has 0 radical (unpaired) electrons. The predicted octanol–water partition coefficient (Wildman–Crippen LogP) is 9.73. The van der Waals surface area contributed by atoms with Crippen LogP contribution in [0.4, 0.5) is 0 Å². The molecular weight excluding hydrogens is 408 g/mol. The average molecular weight is 459 g/mol. The van der Waals surface area contributed by atoms with Crippen LogP contribution in [0.5, 0.6) is 0 Å². The maximum atomic E-state index is 7.86. The fraction of sp³-hybridized carbons (Fsp3) is 0.714. The largest absolute Gasteiger partial charge is 0.448 e. The Morgan fingerprint density at radius 2 is 1.35 bits per heavy atom. The normalized spacial score (nSPS) is 27.1. The van der Waals surface area contributed by atoms with Gasteiger partial charge in [0.25, 0.3) is 0 Å². The van der Waals surface area contributed by atoms with Crippen LogP contribution in [0.15, 0.2) is 48.9 Å². The molecule has 1 nitrogen and oxygen atoms in total. The van der Waals surface area contributed by atoms with E-state index in [4.69, 9.17) is 4.12 Å². The summed E-state index contributed by atoms with van der Waals surface area (Å²) in [7, 11) is -4.44. The lowest BCUT2D eigenvalue weighted by atomic mass is 10.1. The van der Waals surface area contributed by atoms with Gasteiger partial charge in [-0.2, -0.15) is 0 Å². The number of rotatable bonds is 14. The Hall–Kier alpha value is -0.646. The lowest BCUT2D eigenvalue weighted by molar-refractivity contribution is 0.443. The van der Waals surface area contributed by atoms with Crippen LogP contribution < -0.4 is 0 Å². The summed E-state index contributed by atoms with van der Waals surface area (Å²) in [5.74, 6) is 0. The second kappa shape index (κ2) is 13.2. The van der Waals surface area contributed by atoms with Gasteiger partial charge >= 0.3 is 0 Å². The van der Waals surface area contributed by atoms with Crippen LogP contribution in [0.2, 0.25) is 22.2 Å². The highest BCUT2D eigenvalue weighted by Gasteiger charge is 2.54. The van der Waals surface area contributed by atoms with Crippen LogP contribution in [0.3, 0.4) is 0 Å². The number of allylic oxidation sites excluding steroid dienone is 4. The molecule has 4 atom stereocenters. The first-order chi connectivity index (χ1) is 15.0. The van der Waals surface area contributed by atoms with Crippen LogP contribution >= 0.6 is 0 Å². The molecule has 0 amide bonds. The quantitative estimate of drug-likeness (QED) is 0.186. The molecule has 176 valence electrons. The van der Waals surface area contributed by atoms with Gasteiger partial charge < -0.3 is 4.12 Å². The Balaban J connectivity index is 2.53. The molecule has 0 aromatic heterocycles. The van der Waals surface area contributed by atoms with Gasteiger partial charge in [0.05, 0.1) is 0 Å².